The lowest BCUT2D eigenvalue weighted by atomic mass is 10.1. The van der Waals surface area contributed by atoms with Crippen LogP contribution in [0.3, 0.4) is 0 Å². The Balaban J connectivity index is 1.89. The molecule has 0 bridgehead atoms. The molecule has 2 heterocycles. The van der Waals surface area contributed by atoms with E-state index >= 15 is 0 Å². The lowest BCUT2D eigenvalue weighted by Crippen LogP contribution is -2.40. The molecular formula is C18H22N4O2. The Morgan fingerprint density at radius 3 is 2.54 bits per heavy atom. The Hall–Kier alpha value is -2.63. The zero-order valence-corrected chi connectivity index (χ0v) is 13.9. The van der Waals surface area contributed by atoms with E-state index in [0.29, 0.717) is 24.3 Å². The SMILES string of the molecule is CCCCn1c(=O)n(CCCc2ccccc2)c(=O)c2[nH]cnc21. The molecule has 1 N–H and O–H groups in total. The van der Waals surface area contributed by atoms with Crippen LogP contribution >= 0.6 is 0 Å². The summed E-state index contributed by atoms with van der Waals surface area (Å²) in [5.41, 5.74) is 1.53. The quantitative estimate of drug-likeness (QED) is 0.724. The third-order valence-electron chi connectivity index (χ3n) is 4.22. The third-order valence-corrected chi connectivity index (χ3v) is 4.22. The van der Waals surface area contributed by atoms with Gasteiger partial charge in [0.1, 0.15) is 5.52 Å². The number of aromatic amines is 1. The van der Waals surface area contributed by atoms with E-state index in [-0.39, 0.29) is 11.2 Å². The number of fused-ring (bicyclic) bond motifs is 1. The largest absolute Gasteiger partial charge is 0.339 e. The summed E-state index contributed by atoms with van der Waals surface area (Å²) in [5.74, 6) is 0. The second-order valence-corrected chi connectivity index (χ2v) is 5.93. The Morgan fingerprint density at radius 2 is 1.79 bits per heavy atom. The van der Waals surface area contributed by atoms with Crippen LogP contribution in [0.2, 0.25) is 0 Å². The molecular weight excluding hydrogens is 304 g/mol. The Labute approximate surface area is 139 Å². The maximum absolute atomic E-state index is 12.7. The van der Waals surface area contributed by atoms with Crippen LogP contribution in [0.5, 0.6) is 0 Å². The van der Waals surface area contributed by atoms with Gasteiger partial charge in [-0.25, -0.2) is 9.78 Å². The van der Waals surface area contributed by atoms with Gasteiger partial charge in [0.2, 0.25) is 0 Å². The molecule has 6 nitrogen and oxygen atoms in total. The van der Waals surface area contributed by atoms with Gasteiger partial charge in [0.15, 0.2) is 5.65 Å². The number of imidazole rings is 1. The molecule has 3 rings (SSSR count). The number of nitrogens with zero attached hydrogens (tertiary/aromatic N) is 3. The van der Waals surface area contributed by atoms with Crippen LogP contribution in [-0.4, -0.2) is 19.1 Å². The minimum Gasteiger partial charge on any atom is -0.339 e. The fourth-order valence-corrected chi connectivity index (χ4v) is 2.91. The van der Waals surface area contributed by atoms with Gasteiger partial charge in [-0.15, -0.1) is 0 Å². The highest BCUT2D eigenvalue weighted by Gasteiger charge is 2.14. The number of hydrogen-bond acceptors (Lipinski definition) is 3. The van der Waals surface area contributed by atoms with Crippen molar-refractivity contribution in [2.75, 3.05) is 0 Å². The molecule has 6 heteroatoms. The number of rotatable bonds is 7. The number of aromatic nitrogens is 4. The van der Waals surface area contributed by atoms with Crippen molar-refractivity contribution in [2.24, 2.45) is 0 Å². The Morgan fingerprint density at radius 1 is 1.04 bits per heavy atom. The number of aryl methyl sites for hydroxylation is 2. The highest BCUT2D eigenvalue weighted by atomic mass is 16.2. The lowest BCUT2D eigenvalue weighted by Gasteiger charge is -2.11. The monoisotopic (exact) mass is 326 g/mol. The smallest absolute Gasteiger partial charge is 0.332 e. The molecule has 0 saturated carbocycles. The van der Waals surface area contributed by atoms with Gasteiger partial charge in [0.25, 0.3) is 5.56 Å². The van der Waals surface area contributed by atoms with Gasteiger partial charge < -0.3 is 4.98 Å². The molecule has 0 amide bonds. The second kappa shape index (κ2) is 7.29. The van der Waals surface area contributed by atoms with E-state index in [4.69, 9.17) is 0 Å². The third kappa shape index (κ3) is 3.18. The molecule has 0 aliphatic rings. The van der Waals surface area contributed by atoms with E-state index in [1.807, 2.05) is 18.2 Å². The molecule has 0 aliphatic carbocycles. The van der Waals surface area contributed by atoms with Crippen molar-refractivity contribution in [2.45, 2.75) is 45.7 Å². The lowest BCUT2D eigenvalue weighted by molar-refractivity contribution is 0.533. The van der Waals surface area contributed by atoms with Crippen LogP contribution in [-0.2, 0) is 19.5 Å². The first-order valence-electron chi connectivity index (χ1n) is 8.43. The fourth-order valence-electron chi connectivity index (χ4n) is 2.91. The van der Waals surface area contributed by atoms with E-state index in [1.54, 1.807) is 4.57 Å². The first-order valence-corrected chi connectivity index (χ1v) is 8.43. The molecule has 0 fully saturated rings. The fraction of sp³-hybridized carbons (Fsp3) is 0.389. The van der Waals surface area contributed by atoms with Crippen LogP contribution in [0.15, 0.2) is 46.2 Å². The van der Waals surface area contributed by atoms with Gasteiger partial charge in [-0.2, -0.15) is 0 Å². The highest BCUT2D eigenvalue weighted by molar-refractivity contribution is 5.68. The standard InChI is InChI=1S/C18H22N4O2/c1-2-3-11-21-16-15(19-13-20-16)17(23)22(18(21)24)12-7-10-14-8-5-4-6-9-14/h4-6,8-9,13H,2-3,7,10-12H2,1H3,(H,19,20). The summed E-state index contributed by atoms with van der Waals surface area (Å²) < 4.78 is 2.94. The molecule has 0 spiro atoms. The highest BCUT2D eigenvalue weighted by Crippen LogP contribution is 2.05. The first kappa shape index (κ1) is 16.2. The van der Waals surface area contributed by atoms with Crippen molar-refractivity contribution in [3.05, 3.63) is 63.1 Å². The maximum Gasteiger partial charge on any atom is 0.332 e. The van der Waals surface area contributed by atoms with Crippen molar-refractivity contribution >= 4 is 11.2 Å². The number of nitrogens with one attached hydrogen (secondary N) is 1. The number of benzene rings is 1. The second-order valence-electron chi connectivity index (χ2n) is 5.93. The minimum absolute atomic E-state index is 0.263. The molecule has 0 saturated heterocycles. The zero-order chi connectivity index (χ0) is 16.9. The number of unbranched alkanes of at least 4 members (excludes halogenated alkanes) is 1. The normalized spacial score (nSPS) is 11.2. The van der Waals surface area contributed by atoms with Gasteiger partial charge in [-0.1, -0.05) is 43.7 Å². The van der Waals surface area contributed by atoms with Gasteiger partial charge in [-0.05, 0) is 24.8 Å². The summed E-state index contributed by atoms with van der Waals surface area (Å²) >= 11 is 0. The maximum atomic E-state index is 12.7. The predicted molar refractivity (Wildman–Crippen MR) is 94.3 cm³/mol. The van der Waals surface area contributed by atoms with Crippen LogP contribution < -0.4 is 11.2 Å². The van der Waals surface area contributed by atoms with Gasteiger partial charge in [0.05, 0.1) is 6.33 Å². The molecule has 126 valence electrons. The minimum atomic E-state index is -0.284. The van der Waals surface area contributed by atoms with E-state index in [2.05, 4.69) is 29.0 Å². The molecule has 24 heavy (non-hydrogen) atoms. The predicted octanol–water partition coefficient (Wildman–Crippen LogP) is 2.32. The van der Waals surface area contributed by atoms with Crippen molar-refractivity contribution in [3.63, 3.8) is 0 Å². The van der Waals surface area contributed by atoms with Crippen LogP contribution in [0, 0.1) is 0 Å². The van der Waals surface area contributed by atoms with Crippen molar-refractivity contribution in [1.82, 2.24) is 19.1 Å². The first-order chi connectivity index (χ1) is 11.7. The van der Waals surface area contributed by atoms with E-state index in [0.717, 1.165) is 25.7 Å². The Kier molecular flexibility index (Phi) is 4.93. The molecule has 2 aromatic heterocycles. The average Bonchev–Trinajstić information content (AvgIpc) is 3.08. The summed E-state index contributed by atoms with van der Waals surface area (Å²) in [6, 6.07) is 10.1. The van der Waals surface area contributed by atoms with Gasteiger partial charge >= 0.3 is 5.69 Å². The summed E-state index contributed by atoms with van der Waals surface area (Å²) in [4.78, 5) is 32.3. The van der Waals surface area contributed by atoms with Crippen molar-refractivity contribution in [3.8, 4) is 0 Å². The molecule has 0 aliphatic heterocycles. The van der Waals surface area contributed by atoms with E-state index < -0.39 is 0 Å². The number of hydrogen-bond donors (Lipinski definition) is 1. The molecule has 0 unspecified atom stereocenters. The van der Waals surface area contributed by atoms with E-state index in [1.165, 1.54) is 16.5 Å². The summed E-state index contributed by atoms with van der Waals surface area (Å²) in [5, 5.41) is 0. The summed E-state index contributed by atoms with van der Waals surface area (Å²) in [7, 11) is 0. The van der Waals surface area contributed by atoms with Crippen LogP contribution in [0.1, 0.15) is 31.7 Å². The number of H-pyrrole nitrogens is 1. The zero-order valence-electron chi connectivity index (χ0n) is 13.9. The molecule has 0 atom stereocenters. The Bertz CT molecular complexity index is 922. The van der Waals surface area contributed by atoms with Gasteiger partial charge in [-0.3, -0.25) is 13.9 Å². The molecule has 1 aromatic carbocycles. The van der Waals surface area contributed by atoms with Gasteiger partial charge in [0, 0.05) is 13.1 Å². The summed E-state index contributed by atoms with van der Waals surface area (Å²) in [6.45, 7) is 3.06. The van der Waals surface area contributed by atoms with Crippen LogP contribution in [0.4, 0.5) is 0 Å². The van der Waals surface area contributed by atoms with E-state index in [9.17, 15) is 9.59 Å². The molecule has 0 radical (unpaired) electrons. The topological polar surface area (TPSA) is 72.7 Å². The summed E-state index contributed by atoms with van der Waals surface area (Å²) in [6.07, 6.45) is 4.91. The van der Waals surface area contributed by atoms with Crippen molar-refractivity contribution < 1.29 is 0 Å². The molecule has 3 aromatic rings. The van der Waals surface area contributed by atoms with Crippen LogP contribution in [0.25, 0.3) is 11.2 Å². The average molecular weight is 326 g/mol. The van der Waals surface area contributed by atoms with Crippen molar-refractivity contribution in [1.29, 1.82) is 0 Å².